The summed E-state index contributed by atoms with van der Waals surface area (Å²) in [5.41, 5.74) is 7.44. The van der Waals surface area contributed by atoms with Crippen molar-refractivity contribution < 1.29 is 77.4 Å². The second-order valence-corrected chi connectivity index (χ2v) is 30.5. The van der Waals surface area contributed by atoms with Gasteiger partial charge in [-0.25, -0.2) is 50.0 Å². The first-order valence-corrected chi connectivity index (χ1v) is 37.4. The number of rotatable bonds is 18. The van der Waals surface area contributed by atoms with Crippen molar-refractivity contribution in [3.05, 3.63) is 158 Å². The Kier molecular flexibility index (Phi) is 26.4. The summed E-state index contributed by atoms with van der Waals surface area (Å²) >= 11 is 16.9. The number of esters is 3. The maximum atomic E-state index is 14.4. The van der Waals surface area contributed by atoms with E-state index in [1.807, 2.05) is 20.8 Å². The summed E-state index contributed by atoms with van der Waals surface area (Å²) in [7, 11) is -5.06. The summed E-state index contributed by atoms with van der Waals surface area (Å²) in [6.45, 7) is 22.4. The van der Waals surface area contributed by atoms with Gasteiger partial charge in [-0.2, -0.15) is 23.0 Å². The molecule has 4 N–H and O–H groups in total. The van der Waals surface area contributed by atoms with E-state index in [-0.39, 0.29) is 84.1 Å². The number of benzene rings is 4. The van der Waals surface area contributed by atoms with Crippen LogP contribution in [-0.2, 0) is 99.5 Å². The van der Waals surface area contributed by atoms with Gasteiger partial charge in [-0.1, -0.05) is 72.1 Å². The molecular formula is C68H80Cl2F4N12O16S3. The third-order valence-corrected chi connectivity index (χ3v) is 19.7. The zero-order chi connectivity index (χ0) is 78.3. The number of nitrogens with one attached hydrogen (secondary N) is 2. The minimum absolute atomic E-state index is 0.00623. The van der Waals surface area contributed by atoms with Gasteiger partial charge in [0.25, 0.3) is 11.1 Å². The number of anilines is 2. The molecule has 0 amide bonds. The first kappa shape index (κ1) is 83.0. The maximum absolute atomic E-state index is 14.4. The topological polar surface area (TPSA) is 353 Å². The van der Waals surface area contributed by atoms with Crippen LogP contribution in [0.5, 0.6) is 5.88 Å². The lowest BCUT2D eigenvalue weighted by Crippen LogP contribution is -2.48. The summed E-state index contributed by atoms with van der Waals surface area (Å²) in [5, 5.41) is 16.1. The second kappa shape index (κ2) is 33.4. The second-order valence-electron chi connectivity index (χ2n) is 25.2. The standard InChI is InChI=1S/C23H32N2O4.C16H18Cl2N2O4.C16H17N3O5S.C13H13F4N5O3S2/c1-7-16-13-15(3)14-17(8-2)18(16)19-20(26)24-9-11-28-12-10-25(24)21(19)29-22(27)23(4,5)6;1-4-23-14(21)12-9-16(3,15(22)24-5-2)20(19-12)13-7-6-10(17)8-11(13)18;1-9-10(15(20)11-8-17-19(2)16(11)21)4-5-13(25(3,22)23)14(9)12-6-7-24-18-12;1-3-27(24,25)20-8-5-9(7(14)4-6(8)10(18)26)22-12(23)21(2)11(19-22)13(15,16)17/h13-14H,7-12H2,1-6H3;6-8H,4-5,9H2,1-3H3;4-5,8,17H,6-7H2,1-3H3;4-5,20H,3H2,1-2H3,(H2,18,26). The zero-order valence-corrected chi connectivity index (χ0v) is 63.8. The number of thiocarbonyl (C=S) groups is 1. The molecule has 568 valence electrons. The van der Waals surface area contributed by atoms with E-state index in [4.69, 9.17) is 64.9 Å². The van der Waals surface area contributed by atoms with Gasteiger partial charge in [0, 0.05) is 61.1 Å². The van der Waals surface area contributed by atoms with Crippen molar-refractivity contribution >= 4 is 107 Å². The van der Waals surface area contributed by atoms with E-state index in [0.29, 0.717) is 89.4 Å². The highest BCUT2D eigenvalue weighted by molar-refractivity contribution is 7.92. The number of hydrazone groups is 1. The fourth-order valence-electron chi connectivity index (χ4n) is 11.2. The van der Waals surface area contributed by atoms with Crippen molar-refractivity contribution in [3.8, 4) is 22.7 Å². The predicted molar refractivity (Wildman–Crippen MR) is 390 cm³/mol. The zero-order valence-electron chi connectivity index (χ0n) is 59.9. The smallest absolute Gasteiger partial charge is 0.451 e. The SMILES string of the molecule is CCOC(=O)C1=NN(c2ccc(Cl)cc2Cl)C(C)(C(=O)OCC)C1.CCS(=O)(=O)Nc1cc(-n2nc(C(F)(F)F)n(C)c2=O)c(F)cc1C(N)=S.CCc1cc(C)cc(CC)c1-c1c(OC(=O)C(C)(C)C)n2n(c1=O)CCOCC2.Cc1c(C(=O)c2c[nH]n(C)c2=O)ccc(S(C)(=O)=O)c1C1=NOCC1. The van der Waals surface area contributed by atoms with E-state index in [9.17, 15) is 68.0 Å². The molecule has 7 aromatic rings. The molecule has 6 heterocycles. The van der Waals surface area contributed by atoms with E-state index >= 15 is 0 Å². The Morgan fingerprint density at radius 3 is 1.95 bits per heavy atom. The van der Waals surface area contributed by atoms with Crippen molar-refractivity contribution in [2.45, 2.75) is 132 Å². The molecule has 3 aliphatic rings. The Bertz CT molecular complexity index is 5030. The highest BCUT2D eigenvalue weighted by atomic mass is 35.5. The van der Waals surface area contributed by atoms with E-state index in [2.05, 4.69) is 58.1 Å². The molecule has 3 aliphatic heterocycles. The predicted octanol–water partition coefficient (Wildman–Crippen LogP) is 9.08. The Morgan fingerprint density at radius 2 is 1.44 bits per heavy atom. The van der Waals surface area contributed by atoms with Crippen molar-refractivity contribution in [2.75, 3.05) is 54.8 Å². The molecule has 0 fully saturated rings. The number of oxime groups is 1. The number of alkyl halides is 3. The molecule has 1 unspecified atom stereocenters. The lowest BCUT2D eigenvalue weighted by molar-refractivity contribution is -0.149. The highest BCUT2D eigenvalue weighted by Crippen LogP contribution is 2.41. The number of sulfone groups is 1. The van der Waals surface area contributed by atoms with Crippen LogP contribution >= 0.6 is 35.4 Å². The highest BCUT2D eigenvalue weighted by Gasteiger charge is 2.50. The minimum atomic E-state index is -4.96. The van der Waals surface area contributed by atoms with Crippen LogP contribution in [0, 0.1) is 25.1 Å². The van der Waals surface area contributed by atoms with Gasteiger partial charge in [-0.05, 0) is 140 Å². The number of hydrogen-bond donors (Lipinski definition) is 3. The number of carbonyl (C=O) groups excluding carboxylic acids is 4. The van der Waals surface area contributed by atoms with Gasteiger partial charge < -0.3 is 34.6 Å². The van der Waals surface area contributed by atoms with Crippen molar-refractivity contribution in [2.24, 2.45) is 35.5 Å². The molecular weight excluding hydrogens is 1480 g/mol. The number of nitrogens with zero attached hydrogens (tertiary/aromatic N) is 9. The van der Waals surface area contributed by atoms with Gasteiger partial charge in [0.1, 0.15) is 39.9 Å². The Hall–Kier alpha value is -9.29. The molecule has 0 spiro atoms. The number of ketones is 1. The molecule has 105 heavy (non-hydrogen) atoms. The number of aromatic nitrogens is 7. The van der Waals surface area contributed by atoms with Crippen LogP contribution in [0.25, 0.3) is 16.8 Å². The van der Waals surface area contributed by atoms with E-state index in [1.54, 1.807) is 55.3 Å². The number of ether oxygens (including phenoxy) is 4. The van der Waals surface area contributed by atoms with Gasteiger partial charge in [0.05, 0.1) is 77.7 Å². The van der Waals surface area contributed by atoms with Crippen LogP contribution in [0.2, 0.25) is 10.0 Å². The molecule has 0 radical (unpaired) electrons. The Balaban J connectivity index is 0.000000196. The third kappa shape index (κ3) is 18.5. The summed E-state index contributed by atoms with van der Waals surface area (Å²) in [6.07, 6.45) is -0.415. The van der Waals surface area contributed by atoms with Gasteiger partial charge >= 0.3 is 29.8 Å². The number of hydrogen-bond acceptors (Lipinski definition) is 21. The first-order chi connectivity index (χ1) is 49.0. The number of H-pyrrole nitrogens is 1. The molecule has 10 rings (SSSR count). The van der Waals surface area contributed by atoms with E-state index in [1.165, 1.54) is 47.6 Å². The molecule has 4 aromatic carbocycles. The molecule has 0 bridgehead atoms. The summed E-state index contributed by atoms with van der Waals surface area (Å²) in [4.78, 5) is 92.5. The van der Waals surface area contributed by atoms with Crippen molar-refractivity contribution in [3.63, 3.8) is 0 Å². The molecule has 0 saturated carbocycles. The summed E-state index contributed by atoms with van der Waals surface area (Å²) < 4.78 is 130. The lowest BCUT2D eigenvalue weighted by Gasteiger charge is -2.32. The molecule has 28 nitrogen and oxygen atoms in total. The van der Waals surface area contributed by atoms with Crippen LogP contribution in [0.1, 0.15) is 130 Å². The molecule has 3 aromatic heterocycles. The molecule has 0 aliphatic carbocycles. The number of nitrogens with two attached hydrogens (primary N) is 1. The molecule has 1 atom stereocenters. The van der Waals surface area contributed by atoms with Crippen molar-refractivity contribution in [1.82, 2.24) is 33.5 Å². The van der Waals surface area contributed by atoms with Crippen LogP contribution in [0.15, 0.2) is 90.3 Å². The normalized spacial score (nSPS) is 15.1. The molecule has 0 saturated heterocycles. The Labute approximate surface area is 616 Å². The minimum Gasteiger partial charge on any atom is -0.464 e. The number of carbonyl (C=O) groups is 4. The fourth-order valence-corrected chi connectivity index (χ4v) is 13.4. The number of aromatic amines is 1. The van der Waals surface area contributed by atoms with Gasteiger partial charge in [0.2, 0.25) is 21.7 Å². The summed E-state index contributed by atoms with van der Waals surface area (Å²) in [5.74, 6) is -4.63. The van der Waals surface area contributed by atoms with Crippen LogP contribution in [0.3, 0.4) is 0 Å². The molecule has 37 heteroatoms. The van der Waals surface area contributed by atoms with Gasteiger partial charge in [-0.15, -0.1) is 5.10 Å². The van der Waals surface area contributed by atoms with Gasteiger partial charge in [0.15, 0.2) is 21.2 Å². The summed E-state index contributed by atoms with van der Waals surface area (Å²) in [6, 6.07) is 13.4. The average Bonchev–Trinajstić information content (AvgIpc) is 1.62. The average molecular weight is 1560 g/mol. The van der Waals surface area contributed by atoms with Crippen molar-refractivity contribution in [1.29, 1.82) is 0 Å². The quantitative estimate of drug-likeness (QED) is 0.0312. The first-order valence-electron chi connectivity index (χ1n) is 32.6. The fraction of sp³-hybridized carbons (Fsp3) is 0.426. The van der Waals surface area contributed by atoms with Crippen LogP contribution < -0.4 is 37.0 Å². The monoisotopic (exact) mass is 1560 g/mol. The largest absolute Gasteiger partial charge is 0.464 e. The number of fused-ring (bicyclic) bond motifs is 1. The van der Waals surface area contributed by atoms with Crippen LogP contribution in [0.4, 0.5) is 28.9 Å². The number of halogens is 6. The lowest BCUT2D eigenvalue weighted by atomic mass is 9.91. The van der Waals surface area contributed by atoms with E-state index < -0.39 is 83.3 Å². The number of aryl methyl sites for hydroxylation is 4. The number of sulfonamides is 1. The maximum Gasteiger partial charge on any atom is 0.451 e. The van der Waals surface area contributed by atoms with Gasteiger partial charge in [-0.3, -0.25) is 33.1 Å². The Morgan fingerprint density at radius 1 is 0.810 bits per heavy atom. The van der Waals surface area contributed by atoms with Crippen LogP contribution in [-0.4, -0.2) is 141 Å². The third-order valence-electron chi connectivity index (χ3n) is 16.5. The van der Waals surface area contributed by atoms with E-state index in [0.717, 1.165) is 48.9 Å².